The molecule has 0 aliphatic heterocycles. The molecule has 88 valence electrons. The topological polar surface area (TPSA) is 40.5 Å². The average Bonchev–Trinajstić information content (AvgIpc) is 2.15. The van der Waals surface area contributed by atoms with Crippen molar-refractivity contribution in [3.8, 4) is 0 Å². The van der Waals surface area contributed by atoms with Crippen LogP contribution in [0.15, 0.2) is 24.3 Å². The molecule has 1 aromatic rings. The lowest BCUT2D eigenvalue weighted by Gasteiger charge is -2.24. The van der Waals surface area contributed by atoms with Crippen LogP contribution in [-0.2, 0) is 11.3 Å². The van der Waals surface area contributed by atoms with Crippen molar-refractivity contribution in [3.05, 3.63) is 35.6 Å². The first kappa shape index (κ1) is 12.6. The fourth-order valence-corrected chi connectivity index (χ4v) is 1.46. The van der Waals surface area contributed by atoms with Crippen LogP contribution in [0.1, 0.15) is 19.4 Å². The largest absolute Gasteiger partial charge is 0.480 e. The summed E-state index contributed by atoms with van der Waals surface area (Å²) in [6.07, 6.45) is 0. The minimum Gasteiger partial charge on any atom is -0.480 e. The standard InChI is InChI=1S/C12H16FNO2/c1-9(2)14(8-12(15)16)7-10-4-3-5-11(13)6-10/h3-6,9H,7-8H2,1-2H3,(H,15,16). The normalized spacial score (nSPS) is 11.1. The van der Waals surface area contributed by atoms with E-state index in [9.17, 15) is 9.18 Å². The molecule has 0 atom stereocenters. The molecule has 16 heavy (non-hydrogen) atoms. The predicted octanol–water partition coefficient (Wildman–Crippen LogP) is 2.12. The van der Waals surface area contributed by atoms with Crippen LogP contribution in [0.5, 0.6) is 0 Å². The van der Waals surface area contributed by atoms with Crippen LogP contribution in [0.3, 0.4) is 0 Å². The molecule has 0 aliphatic carbocycles. The van der Waals surface area contributed by atoms with Crippen molar-refractivity contribution >= 4 is 5.97 Å². The number of rotatable bonds is 5. The quantitative estimate of drug-likeness (QED) is 0.834. The van der Waals surface area contributed by atoms with Gasteiger partial charge in [-0.2, -0.15) is 0 Å². The Morgan fingerprint density at radius 1 is 1.50 bits per heavy atom. The fourth-order valence-electron chi connectivity index (χ4n) is 1.46. The van der Waals surface area contributed by atoms with Crippen molar-refractivity contribution in [3.63, 3.8) is 0 Å². The molecule has 0 aliphatic rings. The highest BCUT2D eigenvalue weighted by atomic mass is 19.1. The van der Waals surface area contributed by atoms with E-state index in [0.717, 1.165) is 5.56 Å². The molecule has 0 saturated carbocycles. The van der Waals surface area contributed by atoms with E-state index in [2.05, 4.69) is 0 Å². The summed E-state index contributed by atoms with van der Waals surface area (Å²) in [5, 5.41) is 8.75. The summed E-state index contributed by atoms with van der Waals surface area (Å²) >= 11 is 0. The lowest BCUT2D eigenvalue weighted by molar-refractivity contribution is -0.138. The highest BCUT2D eigenvalue weighted by Crippen LogP contribution is 2.09. The first-order valence-corrected chi connectivity index (χ1v) is 5.19. The summed E-state index contributed by atoms with van der Waals surface area (Å²) in [6, 6.07) is 6.33. The highest BCUT2D eigenvalue weighted by Gasteiger charge is 2.13. The molecular formula is C12H16FNO2. The summed E-state index contributed by atoms with van der Waals surface area (Å²) in [5.41, 5.74) is 0.787. The molecule has 0 unspecified atom stereocenters. The van der Waals surface area contributed by atoms with Gasteiger partial charge in [-0.05, 0) is 31.5 Å². The molecule has 0 heterocycles. The molecule has 4 heteroatoms. The predicted molar refractivity (Wildman–Crippen MR) is 59.6 cm³/mol. The molecule has 1 rings (SSSR count). The van der Waals surface area contributed by atoms with E-state index in [0.29, 0.717) is 6.54 Å². The Hall–Kier alpha value is -1.42. The molecule has 0 fully saturated rings. The van der Waals surface area contributed by atoms with Gasteiger partial charge in [-0.25, -0.2) is 4.39 Å². The van der Waals surface area contributed by atoms with Crippen molar-refractivity contribution in [1.82, 2.24) is 4.90 Å². The van der Waals surface area contributed by atoms with Crippen LogP contribution in [0.25, 0.3) is 0 Å². The Morgan fingerprint density at radius 2 is 2.19 bits per heavy atom. The van der Waals surface area contributed by atoms with Crippen molar-refractivity contribution in [2.24, 2.45) is 0 Å². The monoisotopic (exact) mass is 225 g/mol. The number of carbonyl (C=O) groups is 1. The third-order valence-electron chi connectivity index (χ3n) is 2.34. The Kier molecular flexibility index (Phi) is 4.43. The number of hydrogen-bond acceptors (Lipinski definition) is 2. The van der Waals surface area contributed by atoms with Gasteiger partial charge in [-0.15, -0.1) is 0 Å². The lowest BCUT2D eigenvalue weighted by atomic mass is 10.2. The fraction of sp³-hybridized carbons (Fsp3) is 0.417. The Balaban J connectivity index is 2.71. The minimum atomic E-state index is -0.870. The van der Waals surface area contributed by atoms with Crippen LogP contribution in [0.4, 0.5) is 4.39 Å². The molecule has 1 N–H and O–H groups in total. The van der Waals surface area contributed by atoms with Crippen LogP contribution in [-0.4, -0.2) is 28.6 Å². The third kappa shape index (κ3) is 3.98. The van der Waals surface area contributed by atoms with E-state index in [1.54, 1.807) is 17.0 Å². The van der Waals surface area contributed by atoms with Gasteiger partial charge in [0.15, 0.2) is 0 Å². The van der Waals surface area contributed by atoms with E-state index in [4.69, 9.17) is 5.11 Å². The Morgan fingerprint density at radius 3 is 2.69 bits per heavy atom. The summed E-state index contributed by atoms with van der Waals surface area (Å²) in [4.78, 5) is 12.4. The Bertz CT molecular complexity index is 366. The number of benzene rings is 1. The maximum absolute atomic E-state index is 12.9. The van der Waals surface area contributed by atoms with Crippen molar-refractivity contribution in [2.75, 3.05) is 6.54 Å². The van der Waals surface area contributed by atoms with Gasteiger partial charge in [-0.1, -0.05) is 12.1 Å². The molecule has 0 amide bonds. The van der Waals surface area contributed by atoms with E-state index in [-0.39, 0.29) is 18.4 Å². The van der Waals surface area contributed by atoms with Gasteiger partial charge in [0, 0.05) is 12.6 Å². The minimum absolute atomic E-state index is 0.0336. The van der Waals surface area contributed by atoms with E-state index in [1.165, 1.54) is 12.1 Å². The zero-order valence-corrected chi connectivity index (χ0v) is 9.48. The maximum atomic E-state index is 12.9. The first-order chi connectivity index (χ1) is 7.49. The van der Waals surface area contributed by atoms with Crippen molar-refractivity contribution in [2.45, 2.75) is 26.4 Å². The van der Waals surface area contributed by atoms with E-state index >= 15 is 0 Å². The maximum Gasteiger partial charge on any atom is 0.317 e. The molecule has 0 bridgehead atoms. The van der Waals surface area contributed by atoms with Crippen LogP contribution in [0, 0.1) is 5.82 Å². The molecule has 3 nitrogen and oxygen atoms in total. The molecular weight excluding hydrogens is 209 g/mol. The second-order valence-corrected chi connectivity index (χ2v) is 4.02. The number of carboxylic acid groups (broad SMARTS) is 1. The number of nitrogens with zero attached hydrogens (tertiary/aromatic N) is 1. The van der Waals surface area contributed by atoms with Gasteiger partial charge in [0.05, 0.1) is 6.54 Å². The Labute approximate surface area is 94.5 Å². The number of halogens is 1. The van der Waals surface area contributed by atoms with Gasteiger partial charge < -0.3 is 5.11 Å². The van der Waals surface area contributed by atoms with Gasteiger partial charge in [0.1, 0.15) is 5.82 Å². The zero-order chi connectivity index (χ0) is 12.1. The smallest absolute Gasteiger partial charge is 0.317 e. The van der Waals surface area contributed by atoms with Crippen LogP contribution < -0.4 is 0 Å². The van der Waals surface area contributed by atoms with Crippen molar-refractivity contribution in [1.29, 1.82) is 0 Å². The first-order valence-electron chi connectivity index (χ1n) is 5.19. The summed E-state index contributed by atoms with van der Waals surface area (Å²) in [5.74, 6) is -1.17. The van der Waals surface area contributed by atoms with Gasteiger partial charge in [0.25, 0.3) is 0 Å². The number of hydrogen-bond donors (Lipinski definition) is 1. The SMILES string of the molecule is CC(C)N(CC(=O)O)Cc1cccc(F)c1. The van der Waals surface area contributed by atoms with Gasteiger partial charge in [0.2, 0.25) is 0 Å². The van der Waals surface area contributed by atoms with Crippen molar-refractivity contribution < 1.29 is 14.3 Å². The lowest BCUT2D eigenvalue weighted by Crippen LogP contribution is -2.35. The third-order valence-corrected chi connectivity index (χ3v) is 2.34. The average molecular weight is 225 g/mol. The van der Waals surface area contributed by atoms with Gasteiger partial charge >= 0.3 is 5.97 Å². The summed E-state index contributed by atoms with van der Waals surface area (Å²) in [7, 11) is 0. The molecule has 0 aromatic heterocycles. The molecule has 1 aromatic carbocycles. The summed E-state index contributed by atoms with van der Waals surface area (Å²) < 4.78 is 12.9. The van der Waals surface area contributed by atoms with E-state index in [1.807, 2.05) is 13.8 Å². The molecule has 0 spiro atoms. The molecule has 0 saturated heterocycles. The summed E-state index contributed by atoms with van der Waals surface area (Å²) in [6.45, 7) is 4.25. The number of aliphatic carboxylic acids is 1. The zero-order valence-electron chi connectivity index (χ0n) is 9.48. The van der Waals surface area contributed by atoms with Crippen LogP contribution >= 0.6 is 0 Å². The second kappa shape index (κ2) is 5.61. The van der Waals surface area contributed by atoms with E-state index < -0.39 is 5.97 Å². The second-order valence-electron chi connectivity index (χ2n) is 4.02. The van der Waals surface area contributed by atoms with Crippen LogP contribution in [0.2, 0.25) is 0 Å². The number of carboxylic acids is 1. The van der Waals surface area contributed by atoms with Gasteiger partial charge in [-0.3, -0.25) is 9.69 Å². The highest BCUT2D eigenvalue weighted by molar-refractivity contribution is 5.69. The molecule has 0 radical (unpaired) electrons.